The second-order valence-corrected chi connectivity index (χ2v) is 7.41. The Morgan fingerprint density at radius 2 is 2.04 bits per heavy atom. The van der Waals surface area contributed by atoms with Crippen LogP contribution in [0.3, 0.4) is 0 Å². The van der Waals surface area contributed by atoms with Gasteiger partial charge < -0.3 is 5.32 Å². The molecular weight excluding hydrogens is 316 g/mol. The molecule has 1 aliphatic heterocycles. The maximum Gasteiger partial charge on any atom is 0.263 e. The van der Waals surface area contributed by atoms with Crippen molar-refractivity contribution >= 4 is 27.4 Å². The van der Waals surface area contributed by atoms with Crippen LogP contribution in [0.2, 0.25) is 0 Å². The van der Waals surface area contributed by atoms with Crippen LogP contribution in [0.25, 0.3) is 0 Å². The second kappa shape index (κ2) is 5.69. The van der Waals surface area contributed by atoms with Gasteiger partial charge in [0.15, 0.2) is 0 Å². The third kappa shape index (κ3) is 3.07. The van der Waals surface area contributed by atoms with Crippen molar-refractivity contribution in [2.24, 2.45) is 0 Å². The van der Waals surface area contributed by atoms with Gasteiger partial charge in [0.1, 0.15) is 5.82 Å². The SMILES string of the molecule is CC(C)n1nccc1NS(=O)(=O)c1ccc2c(c1)CCC(=O)N2. The minimum atomic E-state index is -3.71. The number of rotatable bonds is 4. The predicted octanol–water partition coefficient (Wildman–Crippen LogP) is 2.15. The zero-order chi connectivity index (χ0) is 16.6. The lowest BCUT2D eigenvalue weighted by Gasteiger charge is -2.18. The van der Waals surface area contributed by atoms with Gasteiger partial charge >= 0.3 is 0 Å². The predicted molar refractivity (Wildman–Crippen MR) is 86.8 cm³/mol. The van der Waals surface area contributed by atoms with Gasteiger partial charge in [-0.3, -0.25) is 9.52 Å². The Balaban J connectivity index is 1.91. The molecule has 0 saturated heterocycles. The number of carbonyl (C=O) groups excluding carboxylic acids is 1. The topological polar surface area (TPSA) is 93.1 Å². The Kier molecular flexibility index (Phi) is 3.85. The Morgan fingerprint density at radius 1 is 1.26 bits per heavy atom. The molecule has 1 amide bonds. The molecule has 2 N–H and O–H groups in total. The highest BCUT2D eigenvalue weighted by molar-refractivity contribution is 7.92. The van der Waals surface area contributed by atoms with Crippen molar-refractivity contribution in [2.45, 2.75) is 37.6 Å². The molecule has 1 aromatic heterocycles. The number of amides is 1. The molecule has 0 bridgehead atoms. The van der Waals surface area contributed by atoms with Gasteiger partial charge in [-0.1, -0.05) is 0 Å². The Bertz CT molecular complexity index is 855. The Labute approximate surface area is 134 Å². The van der Waals surface area contributed by atoms with Crippen molar-refractivity contribution in [1.82, 2.24) is 9.78 Å². The molecule has 0 spiro atoms. The van der Waals surface area contributed by atoms with E-state index in [-0.39, 0.29) is 16.8 Å². The fourth-order valence-electron chi connectivity index (χ4n) is 2.53. The van der Waals surface area contributed by atoms with Crippen LogP contribution in [0, 0.1) is 0 Å². The van der Waals surface area contributed by atoms with Crippen molar-refractivity contribution < 1.29 is 13.2 Å². The van der Waals surface area contributed by atoms with Crippen LogP contribution in [0.1, 0.15) is 31.9 Å². The fraction of sp³-hybridized carbons (Fsp3) is 0.333. The highest BCUT2D eigenvalue weighted by Gasteiger charge is 2.21. The van der Waals surface area contributed by atoms with Gasteiger partial charge in [-0.2, -0.15) is 5.10 Å². The monoisotopic (exact) mass is 334 g/mol. The minimum absolute atomic E-state index is 0.0430. The summed E-state index contributed by atoms with van der Waals surface area (Å²) < 4.78 is 29.3. The molecule has 0 radical (unpaired) electrons. The minimum Gasteiger partial charge on any atom is -0.326 e. The van der Waals surface area contributed by atoms with Gasteiger partial charge in [0.2, 0.25) is 5.91 Å². The van der Waals surface area contributed by atoms with Gasteiger partial charge in [0.05, 0.1) is 11.1 Å². The zero-order valence-corrected chi connectivity index (χ0v) is 13.7. The molecule has 7 nitrogen and oxygen atoms in total. The number of hydrogen-bond acceptors (Lipinski definition) is 4. The van der Waals surface area contributed by atoms with Crippen molar-refractivity contribution in [1.29, 1.82) is 0 Å². The van der Waals surface area contributed by atoms with E-state index in [4.69, 9.17) is 0 Å². The molecule has 0 atom stereocenters. The van der Waals surface area contributed by atoms with Crippen molar-refractivity contribution in [3.8, 4) is 0 Å². The van der Waals surface area contributed by atoms with Crippen molar-refractivity contribution in [2.75, 3.05) is 10.0 Å². The third-order valence-electron chi connectivity index (χ3n) is 3.68. The number of sulfonamides is 1. The smallest absolute Gasteiger partial charge is 0.263 e. The second-order valence-electron chi connectivity index (χ2n) is 5.73. The van der Waals surface area contributed by atoms with E-state index >= 15 is 0 Å². The average molecular weight is 334 g/mol. The highest BCUT2D eigenvalue weighted by atomic mass is 32.2. The van der Waals surface area contributed by atoms with E-state index in [1.54, 1.807) is 29.1 Å². The first kappa shape index (κ1) is 15.5. The molecule has 0 unspecified atom stereocenters. The van der Waals surface area contributed by atoms with Crippen LogP contribution in [0.15, 0.2) is 35.4 Å². The van der Waals surface area contributed by atoms with Crippen LogP contribution >= 0.6 is 0 Å². The first-order valence-corrected chi connectivity index (χ1v) is 8.84. The summed E-state index contributed by atoms with van der Waals surface area (Å²) in [4.78, 5) is 11.5. The Morgan fingerprint density at radius 3 is 2.78 bits per heavy atom. The summed E-state index contributed by atoms with van der Waals surface area (Å²) in [6.45, 7) is 3.85. The summed E-state index contributed by atoms with van der Waals surface area (Å²) in [5.41, 5.74) is 1.50. The number of fused-ring (bicyclic) bond motifs is 1. The Hall–Kier alpha value is -2.35. The lowest BCUT2D eigenvalue weighted by atomic mass is 10.0. The number of aryl methyl sites for hydroxylation is 1. The summed E-state index contributed by atoms with van der Waals surface area (Å²) >= 11 is 0. The van der Waals surface area contributed by atoms with Crippen LogP contribution in [-0.2, 0) is 21.2 Å². The summed E-state index contributed by atoms with van der Waals surface area (Å²) in [5.74, 6) is 0.373. The van der Waals surface area contributed by atoms with Crippen LogP contribution in [-0.4, -0.2) is 24.1 Å². The number of nitrogens with one attached hydrogen (secondary N) is 2. The molecule has 0 aliphatic carbocycles. The van der Waals surface area contributed by atoms with Gasteiger partial charge in [0.25, 0.3) is 10.0 Å². The van der Waals surface area contributed by atoms with Crippen LogP contribution in [0.5, 0.6) is 0 Å². The molecular formula is C15H18N4O3S. The summed E-state index contributed by atoms with van der Waals surface area (Å²) in [5, 5.41) is 6.85. The van der Waals surface area contributed by atoms with E-state index in [2.05, 4.69) is 15.1 Å². The summed E-state index contributed by atoms with van der Waals surface area (Å²) in [6, 6.07) is 6.38. The molecule has 23 heavy (non-hydrogen) atoms. The maximum atomic E-state index is 12.6. The number of carbonyl (C=O) groups is 1. The lowest BCUT2D eigenvalue weighted by molar-refractivity contribution is -0.116. The van der Waals surface area contributed by atoms with E-state index in [0.717, 1.165) is 5.56 Å². The van der Waals surface area contributed by atoms with E-state index in [0.29, 0.717) is 24.3 Å². The van der Waals surface area contributed by atoms with Gasteiger partial charge in [0, 0.05) is 24.2 Å². The van der Waals surface area contributed by atoms with E-state index in [9.17, 15) is 13.2 Å². The van der Waals surface area contributed by atoms with E-state index in [1.165, 1.54) is 6.07 Å². The largest absolute Gasteiger partial charge is 0.326 e. The number of hydrogen-bond donors (Lipinski definition) is 2. The molecule has 1 aliphatic rings. The third-order valence-corrected chi connectivity index (χ3v) is 5.03. The quantitative estimate of drug-likeness (QED) is 0.896. The normalized spacial score (nSPS) is 14.5. The molecule has 2 heterocycles. The maximum absolute atomic E-state index is 12.6. The van der Waals surface area contributed by atoms with Gasteiger partial charge in [-0.05, 0) is 44.0 Å². The molecule has 0 saturated carbocycles. The number of nitrogens with zero attached hydrogens (tertiary/aromatic N) is 2. The number of benzene rings is 1. The fourth-order valence-corrected chi connectivity index (χ4v) is 3.63. The first-order valence-electron chi connectivity index (χ1n) is 7.36. The van der Waals surface area contributed by atoms with Crippen LogP contribution in [0.4, 0.5) is 11.5 Å². The summed E-state index contributed by atoms with van der Waals surface area (Å²) in [6.07, 6.45) is 2.46. The van der Waals surface area contributed by atoms with E-state index < -0.39 is 10.0 Å². The van der Waals surface area contributed by atoms with E-state index in [1.807, 2.05) is 13.8 Å². The molecule has 2 aromatic rings. The molecule has 3 rings (SSSR count). The summed E-state index contributed by atoms with van der Waals surface area (Å²) in [7, 11) is -3.71. The van der Waals surface area contributed by atoms with Gasteiger partial charge in [-0.25, -0.2) is 13.1 Å². The molecule has 1 aromatic carbocycles. The van der Waals surface area contributed by atoms with Gasteiger partial charge in [-0.15, -0.1) is 0 Å². The zero-order valence-electron chi connectivity index (χ0n) is 12.9. The molecule has 0 fully saturated rings. The molecule has 122 valence electrons. The average Bonchev–Trinajstić information content (AvgIpc) is 2.94. The lowest BCUT2D eigenvalue weighted by Crippen LogP contribution is -2.21. The standard InChI is InChI=1S/C15H18N4O3S/c1-10(2)19-14(7-8-16-19)18-23(21,22)12-4-5-13-11(9-12)3-6-15(20)17-13/h4-5,7-10,18H,3,6H2,1-2H3,(H,17,20). The molecule has 8 heteroatoms. The number of anilines is 2. The van der Waals surface area contributed by atoms with Crippen LogP contribution < -0.4 is 10.0 Å². The van der Waals surface area contributed by atoms with Crippen molar-refractivity contribution in [3.05, 3.63) is 36.0 Å². The first-order chi connectivity index (χ1) is 10.9. The highest BCUT2D eigenvalue weighted by Crippen LogP contribution is 2.26. The van der Waals surface area contributed by atoms with Crippen molar-refractivity contribution in [3.63, 3.8) is 0 Å². The number of aromatic nitrogens is 2.